The molecule has 0 aromatic rings. The summed E-state index contributed by atoms with van der Waals surface area (Å²) in [6, 6.07) is 0. The van der Waals surface area contributed by atoms with Crippen LogP contribution in [0.15, 0.2) is 11.3 Å². The van der Waals surface area contributed by atoms with Gasteiger partial charge in [0.25, 0.3) is 0 Å². The Morgan fingerprint density at radius 3 is 1.96 bits per heavy atom. The lowest BCUT2D eigenvalue weighted by molar-refractivity contribution is -0.156. The molecule has 0 aromatic heterocycles. The van der Waals surface area contributed by atoms with E-state index >= 15 is 0 Å². The number of rotatable bonds is 1. The highest BCUT2D eigenvalue weighted by Crippen LogP contribution is 2.69. The number of ether oxygens (including phenoxy) is 1. The van der Waals surface area contributed by atoms with Crippen LogP contribution in [-0.4, -0.2) is 23.5 Å². The molecule has 0 amide bonds. The van der Waals surface area contributed by atoms with Crippen molar-refractivity contribution in [2.75, 3.05) is 0 Å². The van der Waals surface area contributed by atoms with Crippen molar-refractivity contribution in [1.29, 1.82) is 0 Å². The monoisotopic (exact) mass is 370 g/mol. The Balaban J connectivity index is 1.48. The second-order valence-electron chi connectivity index (χ2n) is 11.2. The standard InChI is InChI=1S/C23H30O4/c1-20(2)11-7-9-22(20,5)18(25)13(11)16-15(24)17(27-16)14-12-8-10-23(6,19(14)26)21(12,3)4/h11-13,16H,7-10H2,1-6H3/b17-14-/t11-,12+,13-,16+,22-,23-/m1/s1. The summed E-state index contributed by atoms with van der Waals surface area (Å²) in [6.07, 6.45) is 3.03. The first-order valence-electron chi connectivity index (χ1n) is 10.4. The summed E-state index contributed by atoms with van der Waals surface area (Å²) >= 11 is 0. The number of Topliss-reactive ketones (excluding diaryl/α,β-unsaturated/α-hetero) is 3. The smallest absolute Gasteiger partial charge is 0.238 e. The van der Waals surface area contributed by atoms with Crippen LogP contribution in [0, 0.1) is 39.4 Å². The largest absolute Gasteiger partial charge is 0.477 e. The average molecular weight is 370 g/mol. The zero-order valence-corrected chi connectivity index (χ0v) is 17.3. The van der Waals surface area contributed by atoms with E-state index in [0.29, 0.717) is 5.57 Å². The molecule has 5 rings (SSSR count). The highest BCUT2D eigenvalue weighted by atomic mass is 16.5. The minimum Gasteiger partial charge on any atom is -0.477 e. The molecule has 5 fully saturated rings. The Hall–Kier alpha value is -1.45. The van der Waals surface area contributed by atoms with Gasteiger partial charge in [0.1, 0.15) is 5.78 Å². The first-order chi connectivity index (χ1) is 12.4. The summed E-state index contributed by atoms with van der Waals surface area (Å²) in [6.45, 7) is 12.7. The van der Waals surface area contributed by atoms with E-state index in [1.54, 1.807) is 0 Å². The van der Waals surface area contributed by atoms with Crippen molar-refractivity contribution < 1.29 is 19.1 Å². The van der Waals surface area contributed by atoms with E-state index < -0.39 is 11.5 Å². The van der Waals surface area contributed by atoms with E-state index in [-0.39, 0.29) is 57.1 Å². The van der Waals surface area contributed by atoms with Gasteiger partial charge in [-0.05, 0) is 48.3 Å². The van der Waals surface area contributed by atoms with Gasteiger partial charge in [0.15, 0.2) is 17.6 Å². The predicted molar refractivity (Wildman–Crippen MR) is 99.6 cm³/mol. The summed E-state index contributed by atoms with van der Waals surface area (Å²) in [7, 11) is 0. The molecule has 0 spiro atoms. The minimum absolute atomic E-state index is 0.0945. The maximum atomic E-state index is 13.1. The first kappa shape index (κ1) is 17.6. The van der Waals surface area contributed by atoms with Gasteiger partial charge in [0, 0.05) is 16.4 Å². The van der Waals surface area contributed by atoms with Crippen molar-refractivity contribution in [1.82, 2.24) is 0 Å². The van der Waals surface area contributed by atoms with E-state index in [1.165, 1.54) is 0 Å². The Kier molecular flexibility index (Phi) is 2.99. The number of carbonyl (C=O) groups is 3. The normalized spacial score (nSPS) is 51.7. The van der Waals surface area contributed by atoms with Gasteiger partial charge in [0.2, 0.25) is 5.78 Å². The first-order valence-corrected chi connectivity index (χ1v) is 10.4. The summed E-state index contributed by atoms with van der Waals surface area (Å²) in [4.78, 5) is 39.4. The lowest BCUT2D eigenvalue weighted by Crippen LogP contribution is -2.50. The molecule has 146 valence electrons. The third-order valence-electron chi connectivity index (χ3n) is 10.2. The van der Waals surface area contributed by atoms with Crippen molar-refractivity contribution in [2.45, 2.75) is 73.3 Å². The fourth-order valence-electron chi connectivity index (χ4n) is 7.38. The van der Waals surface area contributed by atoms with Gasteiger partial charge in [0.05, 0.1) is 5.92 Å². The van der Waals surface area contributed by atoms with Crippen LogP contribution in [-0.2, 0) is 19.1 Å². The SMILES string of the molecule is CC1(C)[C@@H]2CC[C@]1(C)C(=O)[C@H]2[C@@H]1O/C(=C2\C(=O)[C@@]3(C)CC[C@@H]2C3(C)C)C1=O. The zero-order chi connectivity index (χ0) is 19.7. The molecule has 4 bridgehead atoms. The number of hydrogen-bond acceptors (Lipinski definition) is 4. The summed E-state index contributed by atoms with van der Waals surface area (Å²) in [5, 5.41) is 0. The van der Waals surface area contributed by atoms with Gasteiger partial charge < -0.3 is 4.74 Å². The Labute approximate surface area is 161 Å². The Morgan fingerprint density at radius 2 is 1.48 bits per heavy atom. The van der Waals surface area contributed by atoms with Gasteiger partial charge in [-0.15, -0.1) is 0 Å². The van der Waals surface area contributed by atoms with Crippen molar-refractivity contribution >= 4 is 17.3 Å². The second-order valence-corrected chi connectivity index (χ2v) is 11.2. The van der Waals surface area contributed by atoms with Gasteiger partial charge in [-0.3, -0.25) is 14.4 Å². The van der Waals surface area contributed by atoms with Gasteiger partial charge in [-0.25, -0.2) is 0 Å². The van der Waals surface area contributed by atoms with Crippen LogP contribution in [0.5, 0.6) is 0 Å². The van der Waals surface area contributed by atoms with Crippen LogP contribution in [0.1, 0.15) is 67.2 Å². The van der Waals surface area contributed by atoms with Gasteiger partial charge in [-0.1, -0.05) is 41.5 Å². The molecule has 1 saturated heterocycles. The van der Waals surface area contributed by atoms with Crippen LogP contribution < -0.4 is 0 Å². The van der Waals surface area contributed by atoms with Crippen LogP contribution in [0.4, 0.5) is 0 Å². The zero-order valence-electron chi connectivity index (χ0n) is 17.3. The van der Waals surface area contributed by atoms with Crippen LogP contribution >= 0.6 is 0 Å². The third kappa shape index (κ3) is 1.59. The highest BCUT2D eigenvalue weighted by Gasteiger charge is 2.71. The Bertz CT molecular complexity index is 846. The van der Waals surface area contributed by atoms with Gasteiger partial charge >= 0.3 is 0 Å². The molecule has 4 saturated carbocycles. The molecule has 1 heterocycles. The lowest BCUT2D eigenvalue weighted by Gasteiger charge is -2.39. The van der Waals surface area contributed by atoms with Crippen LogP contribution in [0.2, 0.25) is 0 Å². The van der Waals surface area contributed by atoms with E-state index in [4.69, 9.17) is 4.74 Å². The van der Waals surface area contributed by atoms with Crippen molar-refractivity contribution in [3.63, 3.8) is 0 Å². The number of carbonyl (C=O) groups excluding carboxylic acids is 3. The fraction of sp³-hybridized carbons (Fsp3) is 0.783. The molecule has 0 unspecified atom stereocenters. The van der Waals surface area contributed by atoms with Gasteiger partial charge in [-0.2, -0.15) is 0 Å². The number of ketones is 3. The van der Waals surface area contributed by atoms with Crippen molar-refractivity contribution in [3.05, 3.63) is 11.3 Å². The molecule has 4 aliphatic carbocycles. The molecule has 0 N–H and O–H groups in total. The third-order valence-corrected chi connectivity index (χ3v) is 10.2. The van der Waals surface area contributed by atoms with Crippen LogP contribution in [0.25, 0.3) is 0 Å². The van der Waals surface area contributed by atoms with E-state index in [0.717, 1.165) is 25.7 Å². The van der Waals surface area contributed by atoms with E-state index in [1.807, 2.05) is 6.92 Å². The molecule has 5 aliphatic rings. The average Bonchev–Trinajstić information content (AvgIpc) is 3.07. The van der Waals surface area contributed by atoms with Crippen molar-refractivity contribution in [2.24, 2.45) is 39.4 Å². The number of fused-ring (bicyclic) bond motifs is 4. The molecular weight excluding hydrogens is 340 g/mol. The Morgan fingerprint density at radius 1 is 0.852 bits per heavy atom. The molecule has 6 atom stereocenters. The number of allylic oxidation sites excluding steroid dienone is 1. The fourth-order valence-corrected chi connectivity index (χ4v) is 7.38. The summed E-state index contributed by atoms with van der Waals surface area (Å²) < 4.78 is 6.03. The van der Waals surface area contributed by atoms with Crippen molar-refractivity contribution in [3.8, 4) is 0 Å². The predicted octanol–water partition coefficient (Wildman–Crippen LogP) is 3.88. The highest BCUT2D eigenvalue weighted by molar-refractivity contribution is 6.15. The molecular formula is C23H30O4. The maximum absolute atomic E-state index is 13.1. The maximum Gasteiger partial charge on any atom is 0.238 e. The molecule has 4 heteroatoms. The van der Waals surface area contributed by atoms with E-state index in [9.17, 15) is 14.4 Å². The molecule has 0 aromatic carbocycles. The molecule has 1 aliphatic heterocycles. The molecule has 0 radical (unpaired) electrons. The quantitative estimate of drug-likeness (QED) is 0.657. The summed E-state index contributed by atoms with van der Waals surface area (Å²) in [5.41, 5.74) is -0.368. The van der Waals surface area contributed by atoms with E-state index in [2.05, 4.69) is 34.6 Å². The minimum atomic E-state index is -0.672. The lowest BCUT2D eigenvalue weighted by atomic mass is 9.70. The summed E-state index contributed by atoms with van der Waals surface area (Å²) in [5.74, 6) is 0.420. The molecule has 4 nitrogen and oxygen atoms in total. The number of hydrogen-bond donors (Lipinski definition) is 0. The molecule has 27 heavy (non-hydrogen) atoms. The topological polar surface area (TPSA) is 60.4 Å². The van der Waals surface area contributed by atoms with Crippen LogP contribution in [0.3, 0.4) is 0 Å². The second kappa shape index (κ2) is 4.58.